The van der Waals surface area contributed by atoms with E-state index in [4.69, 9.17) is 14.9 Å². The number of methoxy groups -OCH3 is 1. The van der Waals surface area contributed by atoms with Crippen LogP contribution in [0.25, 0.3) is 5.57 Å². The molecule has 26 heavy (non-hydrogen) atoms. The van der Waals surface area contributed by atoms with E-state index in [0.29, 0.717) is 0 Å². The van der Waals surface area contributed by atoms with Crippen molar-refractivity contribution in [1.29, 1.82) is 5.41 Å². The molecule has 0 bridgehead atoms. The van der Waals surface area contributed by atoms with Crippen molar-refractivity contribution in [2.45, 2.75) is 38.8 Å². The SMILES string of the molecule is CN/C=C(\C=N)c1ccc(C[C@H](NC(=O)OC(C)(C)C)C(=O)OC)cc1. The number of nitrogens with one attached hydrogen (secondary N) is 3. The number of rotatable bonds is 7. The number of carbonyl (C=O) groups is 2. The van der Waals surface area contributed by atoms with Gasteiger partial charge in [0, 0.05) is 31.5 Å². The van der Waals surface area contributed by atoms with Crippen molar-refractivity contribution in [3.8, 4) is 0 Å². The number of hydrogen-bond donors (Lipinski definition) is 3. The predicted molar refractivity (Wildman–Crippen MR) is 101 cm³/mol. The van der Waals surface area contributed by atoms with Crippen molar-refractivity contribution < 1.29 is 19.1 Å². The Kier molecular flexibility index (Phi) is 7.83. The summed E-state index contributed by atoms with van der Waals surface area (Å²) in [4.78, 5) is 23.9. The molecule has 1 atom stereocenters. The number of amides is 1. The molecule has 0 aliphatic heterocycles. The van der Waals surface area contributed by atoms with Crippen LogP contribution in [-0.2, 0) is 20.7 Å². The molecule has 1 rings (SSSR count). The minimum absolute atomic E-state index is 0.266. The van der Waals surface area contributed by atoms with Crippen LogP contribution in [0.3, 0.4) is 0 Å². The highest BCUT2D eigenvalue weighted by atomic mass is 16.6. The van der Waals surface area contributed by atoms with Crippen LogP contribution in [0.15, 0.2) is 30.5 Å². The molecule has 0 unspecified atom stereocenters. The van der Waals surface area contributed by atoms with E-state index in [1.807, 2.05) is 24.3 Å². The maximum absolute atomic E-state index is 12.0. The molecule has 0 aliphatic carbocycles. The minimum Gasteiger partial charge on any atom is -0.467 e. The van der Waals surface area contributed by atoms with Crippen molar-refractivity contribution in [2.75, 3.05) is 14.2 Å². The Morgan fingerprint density at radius 2 is 1.85 bits per heavy atom. The average molecular weight is 361 g/mol. The predicted octanol–water partition coefficient (Wildman–Crippen LogP) is 2.51. The van der Waals surface area contributed by atoms with Crippen LogP contribution >= 0.6 is 0 Å². The van der Waals surface area contributed by atoms with Crippen molar-refractivity contribution in [2.24, 2.45) is 0 Å². The molecule has 0 aliphatic rings. The fourth-order valence-electron chi connectivity index (χ4n) is 2.22. The van der Waals surface area contributed by atoms with Crippen molar-refractivity contribution in [1.82, 2.24) is 10.6 Å². The molecule has 0 radical (unpaired) electrons. The zero-order chi connectivity index (χ0) is 19.7. The van der Waals surface area contributed by atoms with Gasteiger partial charge in [-0.15, -0.1) is 0 Å². The molecule has 142 valence electrons. The summed E-state index contributed by atoms with van der Waals surface area (Å²) < 4.78 is 9.97. The fraction of sp³-hybridized carbons (Fsp3) is 0.421. The third kappa shape index (κ3) is 6.96. The monoisotopic (exact) mass is 361 g/mol. The van der Waals surface area contributed by atoms with Crippen molar-refractivity contribution in [3.05, 3.63) is 41.6 Å². The van der Waals surface area contributed by atoms with E-state index in [1.54, 1.807) is 34.0 Å². The van der Waals surface area contributed by atoms with Crippen LogP contribution in [0.4, 0.5) is 4.79 Å². The van der Waals surface area contributed by atoms with Gasteiger partial charge in [0.1, 0.15) is 11.6 Å². The molecule has 0 saturated carbocycles. The van der Waals surface area contributed by atoms with Crippen LogP contribution in [0.5, 0.6) is 0 Å². The van der Waals surface area contributed by atoms with Gasteiger partial charge in [-0.3, -0.25) is 0 Å². The van der Waals surface area contributed by atoms with Crippen LogP contribution < -0.4 is 10.6 Å². The van der Waals surface area contributed by atoms with Crippen LogP contribution in [0.2, 0.25) is 0 Å². The lowest BCUT2D eigenvalue weighted by molar-refractivity contribution is -0.143. The Hall–Kier alpha value is -2.83. The molecule has 7 heteroatoms. The summed E-state index contributed by atoms with van der Waals surface area (Å²) in [5.41, 5.74) is 1.78. The topological polar surface area (TPSA) is 101 Å². The zero-order valence-corrected chi connectivity index (χ0v) is 15.9. The highest BCUT2D eigenvalue weighted by Crippen LogP contribution is 2.15. The standard InChI is InChI=1S/C19H27N3O4/c1-19(2,3)26-18(24)22-16(17(23)25-5)10-13-6-8-14(9-7-13)15(11-20)12-21-4/h6-9,11-12,16,20-21H,10H2,1-5H3,(H,22,24)/b15-12+,20-11?/t16-/m0/s1. The number of benzene rings is 1. The number of allylic oxidation sites excluding steroid dienone is 1. The second-order valence-electron chi connectivity index (χ2n) is 6.66. The first-order valence-corrected chi connectivity index (χ1v) is 8.24. The second kappa shape index (κ2) is 9.60. The van der Waals surface area contributed by atoms with Gasteiger partial charge in [0.15, 0.2) is 0 Å². The summed E-state index contributed by atoms with van der Waals surface area (Å²) in [6.45, 7) is 5.24. The highest BCUT2D eigenvalue weighted by Gasteiger charge is 2.25. The van der Waals surface area contributed by atoms with Gasteiger partial charge in [-0.25, -0.2) is 9.59 Å². The third-order valence-electron chi connectivity index (χ3n) is 3.36. The molecular weight excluding hydrogens is 334 g/mol. The van der Waals surface area contributed by atoms with Gasteiger partial charge in [0.25, 0.3) is 0 Å². The molecule has 1 amide bonds. The molecule has 1 aromatic rings. The number of carbonyl (C=O) groups excluding carboxylic acids is 2. The van der Waals surface area contributed by atoms with Crippen LogP contribution in [0, 0.1) is 5.41 Å². The Balaban J connectivity index is 2.88. The zero-order valence-electron chi connectivity index (χ0n) is 15.9. The summed E-state index contributed by atoms with van der Waals surface area (Å²) in [6.07, 6.45) is 2.57. The average Bonchev–Trinajstić information content (AvgIpc) is 2.57. The summed E-state index contributed by atoms with van der Waals surface area (Å²) in [7, 11) is 3.04. The second-order valence-corrected chi connectivity index (χ2v) is 6.66. The van der Waals surface area contributed by atoms with Crippen molar-refractivity contribution >= 4 is 23.9 Å². The lowest BCUT2D eigenvalue weighted by Crippen LogP contribution is -2.45. The molecule has 1 aromatic carbocycles. The Morgan fingerprint density at radius 1 is 1.23 bits per heavy atom. The first kappa shape index (κ1) is 21.2. The largest absolute Gasteiger partial charge is 0.467 e. The third-order valence-corrected chi connectivity index (χ3v) is 3.36. The van der Waals surface area contributed by atoms with Gasteiger partial charge in [-0.05, 0) is 31.9 Å². The lowest BCUT2D eigenvalue weighted by Gasteiger charge is -2.22. The smallest absolute Gasteiger partial charge is 0.408 e. The Labute approximate surface area is 154 Å². The summed E-state index contributed by atoms with van der Waals surface area (Å²) in [6, 6.07) is 6.54. The van der Waals surface area contributed by atoms with E-state index in [0.717, 1.165) is 16.7 Å². The molecule has 7 nitrogen and oxygen atoms in total. The first-order valence-electron chi connectivity index (χ1n) is 8.24. The van der Waals surface area contributed by atoms with E-state index >= 15 is 0 Å². The Bertz CT molecular complexity index is 660. The van der Waals surface area contributed by atoms with E-state index in [1.165, 1.54) is 13.3 Å². The maximum Gasteiger partial charge on any atom is 0.408 e. The Morgan fingerprint density at radius 3 is 2.31 bits per heavy atom. The van der Waals surface area contributed by atoms with Gasteiger partial charge < -0.3 is 25.5 Å². The fourth-order valence-corrected chi connectivity index (χ4v) is 2.22. The van der Waals surface area contributed by atoms with E-state index in [9.17, 15) is 9.59 Å². The summed E-state index contributed by atoms with van der Waals surface area (Å²) in [5, 5.41) is 12.9. The van der Waals surface area contributed by atoms with E-state index in [-0.39, 0.29) is 6.42 Å². The first-order chi connectivity index (χ1) is 12.2. The summed E-state index contributed by atoms with van der Waals surface area (Å²) in [5.74, 6) is -0.546. The molecule has 3 N–H and O–H groups in total. The van der Waals surface area contributed by atoms with Crippen LogP contribution in [0.1, 0.15) is 31.9 Å². The quantitative estimate of drug-likeness (QED) is 0.512. The maximum atomic E-state index is 12.0. The molecule has 0 aromatic heterocycles. The lowest BCUT2D eigenvalue weighted by atomic mass is 10.0. The normalized spacial score (nSPS) is 12.7. The minimum atomic E-state index is -0.851. The van der Waals surface area contributed by atoms with Crippen LogP contribution in [-0.4, -0.2) is 44.1 Å². The molecule has 0 saturated heterocycles. The number of alkyl carbamates (subject to hydrolysis) is 1. The number of hydrogen-bond acceptors (Lipinski definition) is 6. The van der Waals surface area contributed by atoms with E-state index in [2.05, 4.69) is 10.6 Å². The van der Waals surface area contributed by atoms with Gasteiger partial charge in [-0.1, -0.05) is 24.3 Å². The van der Waals surface area contributed by atoms with Crippen molar-refractivity contribution in [3.63, 3.8) is 0 Å². The van der Waals surface area contributed by atoms with Gasteiger partial charge in [-0.2, -0.15) is 0 Å². The highest BCUT2D eigenvalue weighted by molar-refractivity contribution is 6.08. The van der Waals surface area contributed by atoms with Gasteiger partial charge >= 0.3 is 12.1 Å². The molecule has 0 spiro atoms. The molecular formula is C19H27N3O4. The van der Waals surface area contributed by atoms with Gasteiger partial charge in [0.05, 0.1) is 7.11 Å². The van der Waals surface area contributed by atoms with E-state index < -0.39 is 23.7 Å². The van der Waals surface area contributed by atoms with Gasteiger partial charge in [0.2, 0.25) is 0 Å². The molecule has 0 heterocycles. The number of esters is 1. The summed E-state index contributed by atoms with van der Waals surface area (Å²) >= 11 is 0. The molecule has 0 fully saturated rings. The number of ether oxygens (including phenoxy) is 2.